The number of carboxylic acids is 1. The molecule has 0 aromatic rings. The summed E-state index contributed by atoms with van der Waals surface area (Å²) in [6, 6.07) is 0. The molecule has 3 aliphatic rings. The van der Waals surface area contributed by atoms with Gasteiger partial charge in [-0.3, -0.25) is 19.2 Å². The van der Waals surface area contributed by atoms with Gasteiger partial charge in [-0.15, -0.1) is 0 Å². The van der Waals surface area contributed by atoms with Crippen molar-refractivity contribution in [2.24, 2.45) is 47.3 Å². The molecule has 8 unspecified atom stereocenters. The third-order valence-corrected chi connectivity index (χ3v) is 7.66. The normalized spacial score (nSPS) is 28.1. The molecular weight excluding hydrogens is 484 g/mol. The quantitative estimate of drug-likeness (QED) is 0.274. The minimum atomic E-state index is -0.706. The van der Waals surface area contributed by atoms with E-state index in [1.54, 1.807) is 6.92 Å². The molecule has 7 heteroatoms. The van der Waals surface area contributed by atoms with E-state index in [-0.39, 0.29) is 76.9 Å². The molecule has 2 saturated carbocycles. The Morgan fingerprint density at radius 2 is 1.39 bits per heavy atom. The standard InChI is InChI=1S/C13H18O3.C9H18O2.C5H10O2.4CH4/c1-6-8-3-4-9(5-8)10(6)11-7(2)12(14)16-13(11)15;1-6-7(2)8(10)11-9(3,4)5;1-3-4(2)5(6)7;;;;/h6-11H,3-5H2,1-2H3;7H,6H2,1-5H3;4H,3H2,1-2H3,(H,6,7);4*1H4. The van der Waals surface area contributed by atoms with Crippen molar-refractivity contribution < 1.29 is 33.8 Å². The fraction of sp³-hybridized carbons (Fsp3) is 0.871. The number of hydrogen-bond acceptors (Lipinski definition) is 6. The molecule has 7 nitrogen and oxygen atoms in total. The maximum absolute atomic E-state index is 11.8. The van der Waals surface area contributed by atoms with Crippen LogP contribution in [0.3, 0.4) is 0 Å². The van der Waals surface area contributed by atoms with Crippen molar-refractivity contribution in [2.75, 3.05) is 0 Å². The Labute approximate surface area is 234 Å². The van der Waals surface area contributed by atoms with E-state index in [0.29, 0.717) is 17.8 Å². The lowest BCUT2D eigenvalue weighted by atomic mass is 9.70. The van der Waals surface area contributed by atoms with Crippen molar-refractivity contribution in [1.29, 1.82) is 0 Å². The Balaban J connectivity index is -0.000000235. The van der Waals surface area contributed by atoms with Crippen LogP contribution >= 0.6 is 0 Å². The van der Waals surface area contributed by atoms with Gasteiger partial charge in [0.25, 0.3) is 0 Å². The zero-order valence-corrected chi connectivity index (χ0v) is 22.6. The van der Waals surface area contributed by atoms with Crippen molar-refractivity contribution >= 4 is 23.9 Å². The third-order valence-electron chi connectivity index (χ3n) is 7.66. The second kappa shape index (κ2) is 18.4. The van der Waals surface area contributed by atoms with Gasteiger partial charge in [0.2, 0.25) is 0 Å². The van der Waals surface area contributed by atoms with Gasteiger partial charge in [0.05, 0.1) is 23.7 Å². The molecule has 8 atom stereocenters. The van der Waals surface area contributed by atoms with E-state index in [0.717, 1.165) is 18.8 Å². The van der Waals surface area contributed by atoms with E-state index in [9.17, 15) is 19.2 Å². The molecule has 1 aliphatic heterocycles. The highest BCUT2D eigenvalue weighted by Crippen LogP contribution is 2.56. The van der Waals surface area contributed by atoms with Crippen LogP contribution in [0.5, 0.6) is 0 Å². The van der Waals surface area contributed by atoms with Gasteiger partial charge < -0.3 is 14.6 Å². The molecule has 2 bridgehead atoms. The predicted molar refractivity (Wildman–Crippen MR) is 157 cm³/mol. The molecule has 1 saturated heterocycles. The van der Waals surface area contributed by atoms with Crippen molar-refractivity contribution in [3.05, 3.63) is 0 Å². The molecule has 0 aromatic heterocycles. The molecule has 0 spiro atoms. The molecular formula is C31H62O7. The summed E-state index contributed by atoms with van der Waals surface area (Å²) in [6.07, 6.45) is 5.37. The largest absolute Gasteiger partial charge is 0.481 e. The van der Waals surface area contributed by atoms with Gasteiger partial charge in [0, 0.05) is 0 Å². The van der Waals surface area contributed by atoms with E-state index in [2.05, 4.69) is 6.92 Å². The number of esters is 3. The molecule has 0 radical (unpaired) electrons. The van der Waals surface area contributed by atoms with Crippen molar-refractivity contribution in [3.8, 4) is 0 Å². The lowest BCUT2D eigenvalue weighted by Gasteiger charge is -2.32. The number of aliphatic carboxylic acids is 1. The van der Waals surface area contributed by atoms with E-state index in [1.807, 2.05) is 48.5 Å². The number of cyclic esters (lactones) is 2. The molecule has 1 heterocycles. The smallest absolute Gasteiger partial charge is 0.317 e. The first-order valence-electron chi connectivity index (χ1n) is 12.9. The minimum Gasteiger partial charge on any atom is -0.481 e. The summed E-state index contributed by atoms with van der Waals surface area (Å²) in [6.45, 7) is 17.2. The summed E-state index contributed by atoms with van der Waals surface area (Å²) in [5.41, 5.74) is -0.347. The maximum atomic E-state index is 11.8. The highest BCUT2D eigenvalue weighted by Gasteiger charge is 2.55. The summed E-state index contributed by atoms with van der Waals surface area (Å²) in [5, 5.41) is 8.18. The minimum absolute atomic E-state index is 0. The van der Waals surface area contributed by atoms with Gasteiger partial charge in [-0.1, -0.05) is 71.2 Å². The number of carboxylic acid groups (broad SMARTS) is 1. The zero-order chi connectivity index (χ0) is 26.4. The van der Waals surface area contributed by atoms with Gasteiger partial charge in [-0.05, 0) is 76.5 Å². The molecule has 2 aliphatic carbocycles. The Bertz CT molecular complexity index is 722. The molecule has 3 rings (SSSR count). The summed E-state index contributed by atoms with van der Waals surface area (Å²) in [7, 11) is 0. The van der Waals surface area contributed by atoms with Gasteiger partial charge in [-0.25, -0.2) is 0 Å². The summed E-state index contributed by atoms with van der Waals surface area (Å²) < 4.78 is 9.93. The lowest BCUT2D eigenvalue weighted by Crippen LogP contribution is -2.33. The maximum Gasteiger partial charge on any atom is 0.317 e. The van der Waals surface area contributed by atoms with E-state index in [4.69, 9.17) is 14.6 Å². The highest BCUT2D eigenvalue weighted by atomic mass is 16.6. The summed E-state index contributed by atoms with van der Waals surface area (Å²) >= 11 is 0. The molecule has 0 aromatic carbocycles. The van der Waals surface area contributed by atoms with Crippen LogP contribution < -0.4 is 0 Å². The number of hydrogen-bond donors (Lipinski definition) is 1. The third kappa shape index (κ3) is 11.9. The Morgan fingerprint density at radius 3 is 1.68 bits per heavy atom. The number of carbonyl (C=O) groups is 4. The van der Waals surface area contributed by atoms with Crippen LogP contribution in [0.2, 0.25) is 0 Å². The fourth-order valence-corrected chi connectivity index (χ4v) is 5.09. The van der Waals surface area contributed by atoms with Crippen molar-refractivity contribution in [1.82, 2.24) is 0 Å². The first-order chi connectivity index (χ1) is 15.6. The van der Waals surface area contributed by atoms with Gasteiger partial charge >= 0.3 is 23.9 Å². The Morgan fingerprint density at radius 1 is 0.921 bits per heavy atom. The van der Waals surface area contributed by atoms with Crippen molar-refractivity contribution in [2.45, 2.75) is 130 Å². The van der Waals surface area contributed by atoms with E-state index in [1.165, 1.54) is 19.3 Å². The molecule has 38 heavy (non-hydrogen) atoms. The SMILES string of the molecule is C.C.C.C.CC1C(=O)OC(=O)C1C1C2CCC(C2)C1C.CCC(C)C(=O)O.CCC(C)C(=O)OC(C)(C)C. The van der Waals surface area contributed by atoms with Gasteiger partial charge in [0.1, 0.15) is 5.60 Å². The van der Waals surface area contributed by atoms with Gasteiger partial charge in [-0.2, -0.15) is 0 Å². The molecule has 228 valence electrons. The average Bonchev–Trinajstić information content (AvgIpc) is 3.41. The van der Waals surface area contributed by atoms with Crippen LogP contribution in [-0.4, -0.2) is 34.6 Å². The topological polar surface area (TPSA) is 107 Å². The fourth-order valence-electron chi connectivity index (χ4n) is 5.09. The van der Waals surface area contributed by atoms with Crippen LogP contribution in [0.25, 0.3) is 0 Å². The van der Waals surface area contributed by atoms with Crippen LogP contribution in [0.4, 0.5) is 0 Å². The number of rotatable bonds is 5. The second-order valence-corrected chi connectivity index (χ2v) is 11.3. The highest BCUT2D eigenvalue weighted by molar-refractivity contribution is 5.96. The Kier molecular flexibility index (Phi) is 20.9. The first-order valence-corrected chi connectivity index (χ1v) is 12.9. The molecule has 1 N–H and O–H groups in total. The number of carbonyl (C=O) groups excluding carboxylic acids is 3. The van der Waals surface area contributed by atoms with E-state index < -0.39 is 5.97 Å². The van der Waals surface area contributed by atoms with Crippen LogP contribution in [0.15, 0.2) is 0 Å². The van der Waals surface area contributed by atoms with Crippen LogP contribution in [0, 0.1) is 47.3 Å². The van der Waals surface area contributed by atoms with Crippen LogP contribution in [0.1, 0.15) is 124 Å². The van der Waals surface area contributed by atoms with Crippen molar-refractivity contribution in [3.63, 3.8) is 0 Å². The summed E-state index contributed by atoms with van der Waals surface area (Å²) in [4.78, 5) is 44.3. The summed E-state index contributed by atoms with van der Waals surface area (Å²) in [5.74, 6) is 0.509. The number of fused-ring (bicyclic) bond motifs is 2. The predicted octanol–water partition coefficient (Wildman–Crippen LogP) is 8.04. The van der Waals surface area contributed by atoms with Gasteiger partial charge in [0.15, 0.2) is 0 Å². The lowest BCUT2D eigenvalue weighted by molar-refractivity contribution is -0.159. The Hall–Kier alpha value is -1.92. The average molecular weight is 547 g/mol. The van der Waals surface area contributed by atoms with E-state index >= 15 is 0 Å². The van der Waals surface area contributed by atoms with Crippen LogP contribution in [-0.2, 0) is 28.7 Å². The number of ether oxygens (including phenoxy) is 2. The second-order valence-electron chi connectivity index (χ2n) is 11.3. The molecule has 3 fully saturated rings. The zero-order valence-electron chi connectivity index (χ0n) is 22.6. The monoisotopic (exact) mass is 546 g/mol. The molecule has 0 amide bonds. The first kappa shape index (κ1) is 43.1.